The maximum atomic E-state index is 11.5. The molecule has 3 N–H and O–H groups in total. The summed E-state index contributed by atoms with van der Waals surface area (Å²) >= 11 is 3.28. The highest BCUT2D eigenvalue weighted by atomic mass is 35.5. The number of benzene rings is 1. The number of amides is 1. The van der Waals surface area contributed by atoms with E-state index in [-0.39, 0.29) is 18.3 Å². The molecule has 2 rings (SSSR count). The lowest BCUT2D eigenvalue weighted by molar-refractivity contribution is -0.116. The van der Waals surface area contributed by atoms with Crippen LogP contribution in [0.5, 0.6) is 0 Å². The summed E-state index contributed by atoms with van der Waals surface area (Å²) in [5.74, 6) is -0.0495. The van der Waals surface area contributed by atoms with E-state index < -0.39 is 0 Å². The van der Waals surface area contributed by atoms with Gasteiger partial charge in [-0.3, -0.25) is 4.79 Å². The highest BCUT2D eigenvalue weighted by molar-refractivity contribution is 8.01. The lowest BCUT2D eigenvalue weighted by Crippen LogP contribution is -2.16. The van der Waals surface area contributed by atoms with Crippen molar-refractivity contribution in [3.8, 4) is 0 Å². The molecule has 0 bridgehead atoms. The Balaban J connectivity index is 0.00000220. The van der Waals surface area contributed by atoms with Gasteiger partial charge in [-0.15, -0.1) is 23.7 Å². The van der Waals surface area contributed by atoms with Crippen LogP contribution in [0, 0.1) is 13.8 Å². The Hall–Kier alpha value is -1.08. The first kappa shape index (κ1) is 18.0. The molecule has 7 heteroatoms. The molecule has 0 spiro atoms. The number of hydrogen-bond donors (Lipinski definition) is 2. The molecule has 21 heavy (non-hydrogen) atoms. The van der Waals surface area contributed by atoms with Crippen LogP contribution in [0.4, 0.5) is 5.69 Å². The van der Waals surface area contributed by atoms with Gasteiger partial charge in [-0.1, -0.05) is 11.8 Å². The number of carbonyl (C=O) groups is 1. The fourth-order valence-corrected chi connectivity index (χ4v) is 3.57. The van der Waals surface area contributed by atoms with Crippen molar-refractivity contribution in [3.05, 3.63) is 34.8 Å². The van der Waals surface area contributed by atoms with Gasteiger partial charge in [-0.05, 0) is 37.6 Å². The van der Waals surface area contributed by atoms with Crippen molar-refractivity contribution in [1.29, 1.82) is 0 Å². The van der Waals surface area contributed by atoms with E-state index in [1.165, 1.54) is 0 Å². The van der Waals surface area contributed by atoms with Crippen LogP contribution in [0.15, 0.2) is 32.8 Å². The van der Waals surface area contributed by atoms with Gasteiger partial charge < -0.3 is 11.1 Å². The molecule has 1 aromatic carbocycles. The minimum atomic E-state index is -0.0495. The highest BCUT2D eigenvalue weighted by Gasteiger charge is 2.07. The quantitative estimate of drug-likeness (QED) is 0.870. The van der Waals surface area contributed by atoms with Crippen molar-refractivity contribution in [3.63, 3.8) is 0 Å². The van der Waals surface area contributed by atoms with E-state index in [1.807, 2.05) is 31.4 Å². The van der Waals surface area contributed by atoms with E-state index in [1.54, 1.807) is 23.1 Å². The Labute approximate surface area is 139 Å². The van der Waals surface area contributed by atoms with Gasteiger partial charge in [0.2, 0.25) is 5.91 Å². The summed E-state index contributed by atoms with van der Waals surface area (Å²) in [6.07, 6.45) is 0.342. The van der Waals surface area contributed by atoms with Crippen LogP contribution >= 0.6 is 35.5 Å². The number of hydrogen-bond acceptors (Lipinski definition) is 5. The van der Waals surface area contributed by atoms with Crippen LogP contribution in [0.1, 0.15) is 17.7 Å². The zero-order valence-electron chi connectivity index (χ0n) is 11.9. The van der Waals surface area contributed by atoms with Gasteiger partial charge in [0.15, 0.2) is 4.34 Å². The second-order valence-corrected chi connectivity index (χ2v) is 6.60. The SMILES string of the molecule is Cc1csc(Sc2ccc(NC(=O)CCN)c(C)c2)n1.Cl. The number of thiazole rings is 1. The number of carbonyl (C=O) groups excluding carboxylic acids is 1. The molecule has 1 aromatic heterocycles. The van der Waals surface area contributed by atoms with Gasteiger partial charge in [0.25, 0.3) is 0 Å². The summed E-state index contributed by atoms with van der Waals surface area (Å²) < 4.78 is 1.03. The molecule has 0 aliphatic heterocycles. The Morgan fingerprint density at radius 1 is 1.43 bits per heavy atom. The molecule has 0 radical (unpaired) electrons. The summed E-state index contributed by atoms with van der Waals surface area (Å²) in [7, 11) is 0. The number of aryl methyl sites for hydroxylation is 2. The number of nitrogens with two attached hydrogens (primary N) is 1. The molecule has 0 atom stereocenters. The first-order valence-electron chi connectivity index (χ1n) is 6.29. The lowest BCUT2D eigenvalue weighted by Gasteiger charge is -2.09. The van der Waals surface area contributed by atoms with Gasteiger partial charge in [0.1, 0.15) is 0 Å². The van der Waals surface area contributed by atoms with Crippen molar-refractivity contribution in [2.75, 3.05) is 11.9 Å². The summed E-state index contributed by atoms with van der Waals surface area (Å²) in [4.78, 5) is 17.1. The summed E-state index contributed by atoms with van der Waals surface area (Å²) in [5.41, 5.74) is 8.28. The third kappa shape index (κ3) is 5.32. The number of halogens is 1. The van der Waals surface area contributed by atoms with E-state index in [0.717, 1.165) is 26.2 Å². The molecule has 1 amide bonds. The van der Waals surface area contributed by atoms with Crippen LogP contribution in [-0.2, 0) is 4.79 Å². The summed E-state index contributed by atoms with van der Waals surface area (Å²) in [6.45, 7) is 4.33. The number of rotatable bonds is 5. The molecular formula is C14H18ClN3OS2. The molecule has 2 aromatic rings. The minimum absolute atomic E-state index is 0. The van der Waals surface area contributed by atoms with Crippen molar-refractivity contribution < 1.29 is 4.79 Å². The molecule has 114 valence electrons. The molecule has 0 unspecified atom stereocenters. The molecule has 0 aliphatic carbocycles. The van der Waals surface area contributed by atoms with Crippen molar-refractivity contribution in [1.82, 2.24) is 4.98 Å². The topological polar surface area (TPSA) is 68.0 Å². The monoisotopic (exact) mass is 343 g/mol. The molecule has 0 fully saturated rings. The molecule has 0 saturated carbocycles. The number of nitrogens with zero attached hydrogens (tertiary/aromatic N) is 1. The molecule has 0 aliphatic rings. The first-order valence-corrected chi connectivity index (χ1v) is 7.98. The Bertz CT molecular complexity index is 616. The van der Waals surface area contributed by atoms with Gasteiger partial charge in [-0.2, -0.15) is 0 Å². The van der Waals surface area contributed by atoms with Crippen LogP contribution in [0.25, 0.3) is 0 Å². The Kier molecular flexibility index (Phi) is 7.17. The Morgan fingerprint density at radius 3 is 2.76 bits per heavy atom. The zero-order chi connectivity index (χ0) is 14.5. The molecule has 1 heterocycles. The normalized spacial score (nSPS) is 10.0. The van der Waals surface area contributed by atoms with Crippen LogP contribution in [0.2, 0.25) is 0 Å². The van der Waals surface area contributed by atoms with E-state index >= 15 is 0 Å². The van der Waals surface area contributed by atoms with Gasteiger partial charge >= 0.3 is 0 Å². The third-order valence-electron chi connectivity index (χ3n) is 2.65. The largest absolute Gasteiger partial charge is 0.330 e. The van der Waals surface area contributed by atoms with Crippen LogP contribution < -0.4 is 11.1 Å². The van der Waals surface area contributed by atoms with Crippen LogP contribution in [-0.4, -0.2) is 17.4 Å². The average Bonchev–Trinajstić information content (AvgIpc) is 2.78. The molecular weight excluding hydrogens is 326 g/mol. The standard InChI is InChI=1S/C14H17N3OS2.ClH/c1-9-7-11(20-14-16-10(2)8-19-14)3-4-12(9)17-13(18)5-6-15;/h3-4,7-8H,5-6,15H2,1-2H3,(H,17,18);1H. The predicted octanol–water partition coefficient (Wildman–Crippen LogP) is 3.62. The first-order chi connectivity index (χ1) is 9.58. The second-order valence-electron chi connectivity index (χ2n) is 4.42. The number of anilines is 1. The number of aromatic nitrogens is 1. The smallest absolute Gasteiger partial charge is 0.225 e. The Morgan fingerprint density at radius 2 is 2.19 bits per heavy atom. The minimum Gasteiger partial charge on any atom is -0.330 e. The van der Waals surface area contributed by atoms with Crippen molar-refractivity contribution in [2.45, 2.75) is 29.5 Å². The van der Waals surface area contributed by atoms with Gasteiger partial charge in [0.05, 0.1) is 0 Å². The molecule has 4 nitrogen and oxygen atoms in total. The fourth-order valence-electron chi connectivity index (χ4n) is 1.66. The summed E-state index contributed by atoms with van der Waals surface area (Å²) in [5, 5.41) is 4.90. The van der Waals surface area contributed by atoms with Crippen molar-refractivity contribution in [2.24, 2.45) is 5.73 Å². The van der Waals surface area contributed by atoms with E-state index in [2.05, 4.69) is 16.4 Å². The van der Waals surface area contributed by atoms with E-state index in [9.17, 15) is 4.79 Å². The molecule has 0 saturated heterocycles. The van der Waals surface area contributed by atoms with Crippen molar-refractivity contribution >= 4 is 47.1 Å². The van der Waals surface area contributed by atoms with Gasteiger partial charge in [-0.25, -0.2) is 4.98 Å². The third-order valence-corrected chi connectivity index (χ3v) is 4.69. The van der Waals surface area contributed by atoms with E-state index in [4.69, 9.17) is 5.73 Å². The fraction of sp³-hybridized carbons (Fsp3) is 0.286. The highest BCUT2D eigenvalue weighted by Crippen LogP contribution is 2.32. The number of nitrogens with one attached hydrogen (secondary N) is 1. The van der Waals surface area contributed by atoms with Gasteiger partial charge in [0, 0.05) is 34.6 Å². The predicted molar refractivity (Wildman–Crippen MR) is 91.7 cm³/mol. The van der Waals surface area contributed by atoms with E-state index in [0.29, 0.717) is 13.0 Å². The second kappa shape index (κ2) is 8.38. The van der Waals surface area contributed by atoms with Crippen LogP contribution in [0.3, 0.4) is 0 Å². The maximum absolute atomic E-state index is 11.5. The average molecular weight is 344 g/mol. The summed E-state index contributed by atoms with van der Waals surface area (Å²) in [6, 6.07) is 5.97. The maximum Gasteiger partial charge on any atom is 0.225 e. The zero-order valence-corrected chi connectivity index (χ0v) is 14.3. The lowest BCUT2D eigenvalue weighted by atomic mass is 10.2.